The van der Waals surface area contributed by atoms with Crippen LogP contribution >= 0.6 is 0 Å². The van der Waals surface area contributed by atoms with Gasteiger partial charge in [0, 0.05) is 0 Å². The number of carbonyl (C=O) groups is 1. The van der Waals surface area contributed by atoms with Gasteiger partial charge in [-0.3, -0.25) is 4.99 Å². The average molecular weight is 259 g/mol. The van der Waals surface area contributed by atoms with Gasteiger partial charge in [0.15, 0.2) is 6.04 Å². The fraction of sp³-hybridized carbons (Fsp3) is 0.500. The summed E-state index contributed by atoms with van der Waals surface area (Å²) in [5.74, 6) is -0.200. The van der Waals surface area contributed by atoms with E-state index in [2.05, 4.69) is 37.9 Å². The molecule has 1 aromatic carbocycles. The van der Waals surface area contributed by atoms with E-state index in [0.29, 0.717) is 6.61 Å². The first-order valence-electron chi connectivity index (χ1n) is 6.82. The quantitative estimate of drug-likeness (QED) is 0.763. The number of carbonyl (C=O) groups excluding carboxylic acids is 1. The molecule has 0 amide bonds. The normalized spacial score (nSPS) is 17.1. The van der Waals surface area contributed by atoms with Crippen LogP contribution in [0.1, 0.15) is 35.6 Å². The highest BCUT2D eigenvalue weighted by atomic mass is 16.5. The van der Waals surface area contributed by atoms with Crippen LogP contribution in [-0.2, 0) is 16.0 Å². The minimum absolute atomic E-state index is 0.200. The van der Waals surface area contributed by atoms with Crippen LogP contribution in [0.3, 0.4) is 0 Å². The molecule has 0 saturated carbocycles. The fourth-order valence-electron chi connectivity index (χ4n) is 2.28. The van der Waals surface area contributed by atoms with Crippen molar-refractivity contribution in [1.29, 1.82) is 0 Å². The standard InChI is InChI=1S/C16H21NO2/c1-5-19-16(18)15-14(17-15)7-6-13-8-10(2)12(4)11(3)9-13/h8-9,15H,5-7H2,1-4H3. The summed E-state index contributed by atoms with van der Waals surface area (Å²) >= 11 is 0. The fourth-order valence-corrected chi connectivity index (χ4v) is 2.28. The summed E-state index contributed by atoms with van der Waals surface area (Å²) < 4.78 is 4.95. The van der Waals surface area contributed by atoms with Gasteiger partial charge in [0.2, 0.25) is 0 Å². The molecule has 2 rings (SSSR count). The van der Waals surface area contributed by atoms with Crippen LogP contribution < -0.4 is 0 Å². The molecule has 0 fully saturated rings. The zero-order chi connectivity index (χ0) is 14.0. The molecule has 0 radical (unpaired) electrons. The van der Waals surface area contributed by atoms with Gasteiger partial charge in [0.25, 0.3) is 0 Å². The van der Waals surface area contributed by atoms with Crippen molar-refractivity contribution < 1.29 is 9.53 Å². The van der Waals surface area contributed by atoms with E-state index in [1.807, 2.05) is 6.92 Å². The minimum atomic E-state index is -0.285. The van der Waals surface area contributed by atoms with Crippen molar-refractivity contribution in [2.24, 2.45) is 4.99 Å². The van der Waals surface area contributed by atoms with Crippen molar-refractivity contribution in [3.8, 4) is 0 Å². The molecule has 1 aliphatic rings. The molecule has 0 aliphatic carbocycles. The topological polar surface area (TPSA) is 38.7 Å². The van der Waals surface area contributed by atoms with Crippen LogP contribution in [0.2, 0.25) is 0 Å². The summed E-state index contributed by atoms with van der Waals surface area (Å²) in [6, 6.07) is 4.17. The number of ether oxygens (including phenoxy) is 1. The van der Waals surface area contributed by atoms with Gasteiger partial charge in [-0.2, -0.15) is 0 Å². The Bertz CT molecular complexity index is 509. The number of hydrogen-bond acceptors (Lipinski definition) is 3. The Morgan fingerprint density at radius 1 is 1.21 bits per heavy atom. The molecule has 0 spiro atoms. The Morgan fingerprint density at radius 3 is 2.42 bits per heavy atom. The van der Waals surface area contributed by atoms with Crippen LogP contribution in [0.25, 0.3) is 0 Å². The molecule has 102 valence electrons. The van der Waals surface area contributed by atoms with Gasteiger partial charge in [0.1, 0.15) is 0 Å². The Balaban J connectivity index is 1.88. The van der Waals surface area contributed by atoms with E-state index in [1.54, 1.807) is 0 Å². The highest BCUT2D eigenvalue weighted by molar-refractivity contribution is 6.16. The maximum atomic E-state index is 11.4. The van der Waals surface area contributed by atoms with Gasteiger partial charge < -0.3 is 4.74 Å². The number of aryl methyl sites for hydroxylation is 3. The highest BCUT2D eigenvalue weighted by Gasteiger charge is 2.35. The molecule has 0 aromatic heterocycles. The Kier molecular flexibility index (Phi) is 4.03. The third-order valence-electron chi connectivity index (χ3n) is 3.71. The number of aliphatic imine (C=N–C) groups is 1. The minimum Gasteiger partial charge on any atom is -0.464 e. The van der Waals surface area contributed by atoms with E-state index in [1.165, 1.54) is 22.3 Å². The van der Waals surface area contributed by atoms with E-state index >= 15 is 0 Å². The number of benzene rings is 1. The van der Waals surface area contributed by atoms with E-state index in [0.717, 1.165) is 18.6 Å². The molecule has 0 N–H and O–H groups in total. The highest BCUT2D eigenvalue weighted by Crippen LogP contribution is 2.21. The van der Waals surface area contributed by atoms with E-state index < -0.39 is 0 Å². The Hall–Kier alpha value is -1.64. The van der Waals surface area contributed by atoms with Crippen molar-refractivity contribution in [2.45, 2.75) is 46.6 Å². The third-order valence-corrected chi connectivity index (χ3v) is 3.71. The molecule has 1 heterocycles. The molecule has 3 heteroatoms. The zero-order valence-electron chi connectivity index (χ0n) is 12.1. The maximum absolute atomic E-state index is 11.4. The van der Waals surface area contributed by atoms with Gasteiger partial charge >= 0.3 is 5.97 Å². The lowest BCUT2D eigenvalue weighted by Gasteiger charge is -2.08. The number of nitrogens with zero attached hydrogens (tertiary/aromatic N) is 1. The van der Waals surface area contributed by atoms with Crippen LogP contribution in [0.15, 0.2) is 17.1 Å². The summed E-state index contributed by atoms with van der Waals surface area (Å²) in [7, 11) is 0. The number of rotatable bonds is 5. The van der Waals surface area contributed by atoms with Crippen LogP contribution in [0.4, 0.5) is 0 Å². The summed E-state index contributed by atoms with van der Waals surface area (Å²) in [4.78, 5) is 15.6. The van der Waals surface area contributed by atoms with Crippen molar-refractivity contribution in [3.05, 3.63) is 34.4 Å². The molecule has 1 aliphatic heterocycles. The molecule has 1 unspecified atom stereocenters. The van der Waals surface area contributed by atoms with Gasteiger partial charge in [-0.25, -0.2) is 4.79 Å². The first-order valence-corrected chi connectivity index (χ1v) is 6.82. The second-order valence-electron chi connectivity index (χ2n) is 5.13. The summed E-state index contributed by atoms with van der Waals surface area (Å²) in [5.41, 5.74) is 6.31. The first-order chi connectivity index (χ1) is 9.02. The second kappa shape index (κ2) is 5.55. The second-order valence-corrected chi connectivity index (χ2v) is 5.13. The SMILES string of the molecule is CCOC(=O)C1N=C1CCc1cc(C)c(C)c(C)c1. The lowest BCUT2D eigenvalue weighted by atomic mass is 9.97. The van der Waals surface area contributed by atoms with Gasteiger partial charge in [-0.05, 0) is 62.8 Å². The van der Waals surface area contributed by atoms with Gasteiger partial charge in [-0.15, -0.1) is 0 Å². The van der Waals surface area contributed by atoms with Crippen molar-refractivity contribution in [2.75, 3.05) is 6.61 Å². The molecule has 0 saturated heterocycles. The lowest BCUT2D eigenvalue weighted by Crippen LogP contribution is -2.16. The summed E-state index contributed by atoms with van der Waals surface area (Å²) in [6.45, 7) is 8.67. The van der Waals surface area contributed by atoms with Crippen molar-refractivity contribution in [3.63, 3.8) is 0 Å². The van der Waals surface area contributed by atoms with E-state index in [4.69, 9.17) is 4.74 Å². The maximum Gasteiger partial charge on any atom is 0.336 e. The molecule has 0 bridgehead atoms. The molecule has 1 aromatic rings. The van der Waals surface area contributed by atoms with Gasteiger partial charge in [0.05, 0.1) is 12.3 Å². The zero-order valence-corrected chi connectivity index (χ0v) is 12.1. The van der Waals surface area contributed by atoms with Gasteiger partial charge in [-0.1, -0.05) is 12.1 Å². The van der Waals surface area contributed by atoms with E-state index in [9.17, 15) is 4.79 Å². The molecule has 3 nitrogen and oxygen atoms in total. The van der Waals surface area contributed by atoms with Crippen molar-refractivity contribution in [1.82, 2.24) is 0 Å². The molecular weight excluding hydrogens is 238 g/mol. The monoisotopic (exact) mass is 259 g/mol. The first kappa shape index (κ1) is 13.8. The Labute approximate surface area is 114 Å². The predicted octanol–water partition coefficient (Wildman–Crippen LogP) is 2.93. The van der Waals surface area contributed by atoms with Crippen LogP contribution in [-0.4, -0.2) is 24.3 Å². The lowest BCUT2D eigenvalue weighted by molar-refractivity contribution is -0.142. The average Bonchev–Trinajstić information content (AvgIpc) is 3.13. The summed E-state index contributed by atoms with van der Waals surface area (Å²) in [5, 5.41) is 0. The third kappa shape index (κ3) is 3.22. The summed E-state index contributed by atoms with van der Waals surface area (Å²) in [6.07, 6.45) is 1.79. The number of hydrogen-bond donors (Lipinski definition) is 0. The molecular formula is C16H21NO2. The van der Waals surface area contributed by atoms with Crippen LogP contribution in [0.5, 0.6) is 0 Å². The smallest absolute Gasteiger partial charge is 0.336 e. The predicted molar refractivity (Wildman–Crippen MR) is 76.8 cm³/mol. The largest absolute Gasteiger partial charge is 0.464 e. The molecule has 1 atom stereocenters. The van der Waals surface area contributed by atoms with Crippen molar-refractivity contribution >= 4 is 11.7 Å². The Morgan fingerprint density at radius 2 is 1.84 bits per heavy atom. The van der Waals surface area contributed by atoms with E-state index in [-0.39, 0.29) is 12.0 Å². The van der Waals surface area contributed by atoms with Crippen LogP contribution in [0, 0.1) is 20.8 Å². The number of esters is 1. The molecule has 19 heavy (non-hydrogen) atoms.